The van der Waals surface area contributed by atoms with Gasteiger partial charge in [-0.3, -0.25) is 9.59 Å². The minimum atomic E-state index is -0.526. The van der Waals surface area contributed by atoms with Crippen molar-refractivity contribution in [2.24, 2.45) is 11.3 Å². The lowest BCUT2D eigenvalue weighted by Crippen LogP contribution is -2.37. The fraction of sp³-hybridized carbons (Fsp3) is 0.867. The molecule has 0 bridgehead atoms. The van der Waals surface area contributed by atoms with Gasteiger partial charge in [0.05, 0.1) is 23.5 Å². The third kappa shape index (κ3) is 2.69. The van der Waals surface area contributed by atoms with Crippen LogP contribution in [-0.2, 0) is 19.1 Å². The highest BCUT2D eigenvalue weighted by Gasteiger charge is 2.52. The summed E-state index contributed by atoms with van der Waals surface area (Å²) in [6, 6.07) is 0. The Balaban J connectivity index is 1.56. The number of hydrogen-bond donors (Lipinski definition) is 0. The highest BCUT2D eigenvalue weighted by Crippen LogP contribution is 2.46. The quantitative estimate of drug-likeness (QED) is 0.438. The van der Waals surface area contributed by atoms with E-state index in [4.69, 9.17) is 9.47 Å². The highest BCUT2D eigenvalue weighted by atomic mass is 16.6. The highest BCUT2D eigenvalue weighted by molar-refractivity contribution is 5.89. The molecule has 2 saturated carbocycles. The SMILES string of the molecule is CC1(C(=O)OC(=O)C2CCCCC2)CCC2OC2C1. The van der Waals surface area contributed by atoms with Gasteiger partial charge in [-0.1, -0.05) is 19.3 Å². The van der Waals surface area contributed by atoms with Gasteiger partial charge >= 0.3 is 11.9 Å². The summed E-state index contributed by atoms with van der Waals surface area (Å²) in [5.74, 6) is -0.698. The van der Waals surface area contributed by atoms with Crippen LogP contribution in [0.5, 0.6) is 0 Å². The summed E-state index contributed by atoms with van der Waals surface area (Å²) < 4.78 is 10.6. The van der Waals surface area contributed by atoms with Crippen LogP contribution in [0.1, 0.15) is 58.3 Å². The van der Waals surface area contributed by atoms with E-state index in [-0.39, 0.29) is 24.0 Å². The summed E-state index contributed by atoms with van der Waals surface area (Å²) >= 11 is 0. The summed E-state index contributed by atoms with van der Waals surface area (Å²) in [6.07, 6.45) is 8.04. The first-order valence-electron chi connectivity index (χ1n) is 7.50. The van der Waals surface area contributed by atoms with Crippen LogP contribution in [0.25, 0.3) is 0 Å². The fourth-order valence-corrected chi connectivity index (χ4v) is 3.44. The zero-order valence-electron chi connectivity index (χ0n) is 11.5. The topological polar surface area (TPSA) is 55.9 Å². The Bertz CT molecular complexity index is 386. The molecule has 2 aliphatic carbocycles. The smallest absolute Gasteiger partial charge is 0.319 e. The third-order valence-corrected chi connectivity index (χ3v) is 4.94. The predicted molar refractivity (Wildman–Crippen MR) is 68.3 cm³/mol. The number of ether oxygens (including phenoxy) is 2. The van der Waals surface area contributed by atoms with Gasteiger partial charge < -0.3 is 9.47 Å². The molecule has 1 saturated heterocycles. The van der Waals surface area contributed by atoms with Crippen LogP contribution in [0.4, 0.5) is 0 Å². The average Bonchev–Trinajstić information content (AvgIpc) is 3.17. The Hall–Kier alpha value is -0.900. The van der Waals surface area contributed by atoms with E-state index in [0.717, 1.165) is 38.5 Å². The van der Waals surface area contributed by atoms with E-state index >= 15 is 0 Å². The first-order chi connectivity index (χ1) is 9.08. The van der Waals surface area contributed by atoms with Crippen molar-refractivity contribution < 1.29 is 19.1 Å². The standard InChI is InChI=1S/C15H22O4/c1-15(8-7-11-12(9-15)18-11)14(17)19-13(16)10-5-3-2-4-6-10/h10-12H,2-9H2,1H3. The molecule has 0 spiro atoms. The number of hydrogen-bond acceptors (Lipinski definition) is 4. The lowest BCUT2D eigenvalue weighted by molar-refractivity contribution is -0.171. The van der Waals surface area contributed by atoms with E-state index in [0.29, 0.717) is 12.5 Å². The number of epoxide rings is 1. The van der Waals surface area contributed by atoms with Gasteiger partial charge in [-0.25, -0.2) is 0 Å². The lowest BCUT2D eigenvalue weighted by atomic mass is 9.76. The van der Waals surface area contributed by atoms with Crippen molar-refractivity contribution in [3.8, 4) is 0 Å². The van der Waals surface area contributed by atoms with Crippen LogP contribution in [0.15, 0.2) is 0 Å². The summed E-state index contributed by atoms with van der Waals surface area (Å²) in [5, 5.41) is 0. The van der Waals surface area contributed by atoms with E-state index in [1.807, 2.05) is 6.92 Å². The minimum Gasteiger partial charge on any atom is -0.393 e. The van der Waals surface area contributed by atoms with Crippen LogP contribution in [0.3, 0.4) is 0 Å². The monoisotopic (exact) mass is 266 g/mol. The second kappa shape index (κ2) is 4.89. The van der Waals surface area contributed by atoms with Crippen LogP contribution in [0, 0.1) is 11.3 Å². The summed E-state index contributed by atoms with van der Waals surface area (Å²) in [5.41, 5.74) is -0.526. The Kier molecular flexibility index (Phi) is 3.37. The Morgan fingerprint density at radius 1 is 1.11 bits per heavy atom. The van der Waals surface area contributed by atoms with Crippen LogP contribution < -0.4 is 0 Å². The zero-order chi connectivity index (χ0) is 13.5. The molecule has 4 heteroatoms. The number of esters is 2. The summed E-state index contributed by atoms with van der Waals surface area (Å²) in [7, 11) is 0. The zero-order valence-corrected chi connectivity index (χ0v) is 11.5. The molecule has 1 heterocycles. The Morgan fingerprint density at radius 3 is 2.53 bits per heavy atom. The van der Waals surface area contributed by atoms with Gasteiger partial charge in [0, 0.05) is 0 Å². The molecule has 106 valence electrons. The van der Waals surface area contributed by atoms with Gasteiger partial charge in [0.1, 0.15) is 0 Å². The molecule has 0 aromatic rings. The largest absolute Gasteiger partial charge is 0.393 e. The summed E-state index contributed by atoms with van der Waals surface area (Å²) in [4.78, 5) is 24.2. The van der Waals surface area contributed by atoms with Gasteiger partial charge in [0.15, 0.2) is 0 Å². The van der Waals surface area contributed by atoms with Gasteiger partial charge in [0.2, 0.25) is 0 Å². The molecule has 0 aromatic carbocycles. The van der Waals surface area contributed by atoms with Gasteiger partial charge in [-0.05, 0) is 39.0 Å². The van der Waals surface area contributed by atoms with Gasteiger partial charge in [0.25, 0.3) is 0 Å². The molecule has 0 radical (unpaired) electrons. The van der Waals surface area contributed by atoms with Crippen molar-refractivity contribution in [2.45, 2.75) is 70.5 Å². The molecular weight excluding hydrogens is 244 g/mol. The molecule has 0 aromatic heterocycles. The molecule has 3 unspecified atom stereocenters. The molecule has 3 atom stereocenters. The second-order valence-electron chi connectivity index (χ2n) is 6.56. The maximum atomic E-state index is 12.2. The third-order valence-electron chi connectivity index (χ3n) is 4.94. The van der Waals surface area contributed by atoms with Gasteiger partial charge in [-0.15, -0.1) is 0 Å². The maximum absolute atomic E-state index is 12.2. The molecule has 0 amide bonds. The first-order valence-corrected chi connectivity index (χ1v) is 7.50. The van der Waals surface area contributed by atoms with Crippen LogP contribution in [0.2, 0.25) is 0 Å². The van der Waals surface area contributed by atoms with E-state index in [2.05, 4.69) is 0 Å². The molecule has 4 nitrogen and oxygen atoms in total. The lowest BCUT2D eigenvalue weighted by Gasteiger charge is -2.29. The molecule has 1 aliphatic heterocycles. The first kappa shape index (κ1) is 13.1. The van der Waals surface area contributed by atoms with E-state index in [9.17, 15) is 9.59 Å². The summed E-state index contributed by atoms with van der Waals surface area (Å²) in [6.45, 7) is 1.90. The van der Waals surface area contributed by atoms with Crippen molar-refractivity contribution in [3.05, 3.63) is 0 Å². The average molecular weight is 266 g/mol. The van der Waals surface area contributed by atoms with Crippen molar-refractivity contribution in [3.63, 3.8) is 0 Å². The number of fused-ring (bicyclic) bond motifs is 1. The predicted octanol–water partition coefficient (Wildman–Crippen LogP) is 2.59. The van der Waals surface area contributed by atoms with Crippen molar-refractivity contribution in [1.82, 2.24) is 0 Å². The minimum absolute atomic E-state index is 0.0604. The molecule has 19 heavy (non-hydrogen) atoms. The molecule has 3 fully saturated rings. The van der Waals surface area contributed by atoms with Crippen molar-refractivity contribution in [2.75, 3.05) is 0 Å². The normalized spacial score (nSPS) is 38.4. The number of carbonyl (C=O) groups excluding carboxylic acids is 2. The van der Waals surface area contributed by atoms with Gasteiger partial charge in [-0.2, -0.15) is 0 Å². The second-order valence-corrected chi connectivity index (χ2v) is 6.56. The number of rotatable bonds is 2. The van der Waals surface area contributed by atoms with Crippen molar-refractivity contribution in [1.29, 1.82) is 0 Å². The Labute approximate surface area is 113 Å². The Morgan fingerprint density at radius 2 is 1.84 bits per heavy atom. The molecule has 0 N–H and O–H groups in total. The fourth-order valence-electron chi connectivity index (χ4n) is 3.44. The molecule has 3 aliphatic rings. The number of carbonyl (C=O) groups is 2. The molecule has 3 rings (SSSR count). The van der Waals surface area contributed by atoms with E-state index in [1.54, 1.807) is 0 Å². The van der Waals surface area contributed by atoms with E-state index in [1.165, 1.54) is 6.42 Å². The van der Waals surface area contributed by atoms with Crippen LogP contribution >= 0.6 is 0 Å². The van der Waals surface area contributed by atoms with Crippen LogP contribution in [-0.4, -0.2) is 24.1 Å². The maximum Gasteiger partial charge on any atom is 0.319 e. The molecular formula is C15H22O4. The van der Waals surface area contributed by atoms with E-state index < -0.39 is 5.41 Å². The van der Waals surface area contributed by atoms with Crippen molar-refractivity contribution >= 4 is 11.9 Å².